The Bertz CT molecular complexity index is 1280. The molecule has 0 bridgehead atoms. The minimum atomic E-state index is -4.11. The van der Waals surface area contributed by atoms with Gasteiger partial charge in [-0.3, -0.25) is 14.7 Å². The van der Waals surface area contributed by atoms with Gasteiger partial charge in [-0.05, 0) is 66.3 Å². The van der Waals surface area contributed by atoms with Gasteiger partial charge in [-0.2, -0.15) is 13.2 Å². The number of carbonyl (C=O) groups excluding carboxylic acids is 1. The second kappa shape index (κ2) is 11.2. The zero-order chi connectivity index (χ0) is 28.6. The molecule has 1 aliphatic heterocycles. The molecule has 1 aromatic carbocycles. The van der Waals surface area contributed by atoms with Crippen LogP contribution in [0.5, 0.6) is 0 Å². The molecule has 1 aliphatic carbocycles. The van der Waals surface area contributed by atoms with E-state index >= 15 is 0 Å². The van der Waals surface area contributed by atoms with Crippen molar-refractivity contribution < 1.29 is 26.4 Å². The van der Waals surface area contributed by atoms with Gasteiger partial charge in [0.1, 0.15) is 0 Å². The third-order valence-corrected chi connectivity index (χ3v) is 9.75. The first-order chi connectivity index (χ1) is 18.2. The average Bonchev–Trinajstić information content (AvgIpc) is 3.24. The lowest BCUT2D eigenvalue weighted by Gasteiger charge is -2.38. The highest BCUT2D eigenvalue weighted by molar-refractivity contribution is 7.91. The summed E-state index contributed by atoms with van der Waals surface area (Å²) in [5.41, 5.74) is 2.99. The Hall–Kier alpha value is -2.46. The normalized spacial score (nSPS) is 22.5. The molecule has 1 unspecified atom stereocenters. The number of amides is 1. The summed E-state index contributed by atoms with van der Waals surface area (Å²) in [6, 6.07) is 8.37. The summed E-state index contributed by atoms with van der Waals surface area (Å²) in [5, 5.41) is 2.88. The Balaban J connectivity index is 1.42. The molecule has 1 amide bonds. The fourth-order valence-electron chi connectivity index (χ4n) is 5.90. The van der Waals surface area contributed by atoms with Crippen LogP contribution in [0.3, 0.4) is 0 Å². The molecule has 0 spiro atoms. The monoisotopic (exact) mass is 565 g/mol. The summed E-state index contributed by atoms with van der Waals surface area (Å²) in [5.74, 6) is -1.22. The van der Waals surface area contributed by atoms with E-state index < -0.39 is 21.9 Å². The van der Waals surface area contributed by atoms with E-state index in [4.69, 9.17) is 4.98 Å². The zero-order valence-electron chi connectivity index (χ0n) is 23.0. The van der Waals surface area contributed by atoms with Gasteiger partial charge in [-0.25, -0.2) is 8.42 Å². The number of pyridine rings is 1. The summed E-state index contributed by atoms with van der Waals surface area (Å²) in [6.45, 7) is 9.59. The fourth-order valence-corrected chi connectivity index (χ4v) is 6.78. The number of carbonyl (C=O) groups is 1. The maximum absolute atomic E-state index is 13.1. The highest BCUT2D eigenvalue weighted by Gasteiger charge is 2.44. The van der Waals surface area contributed by atoms with E-state index in [1.54, 1.807) is 37.4 Å². The second-order valence-corrected chi connectivity index (χ2v) is 14.2. The lowest BCUT2D eigenvalue weighted by molar-refractivity contribution is -0.184. The van der Waals surface area contributed by atoms with Gasteiger partial charge in [0.25, 0.3) is 5.91 Å². The number of hydrogen-bond acceptors (Lipinski definition) is 5. The number of alkyl halides is 3. The van der Waals surface area contributed by atoms with Crippen molar-refractivity contribution in [1.82, 2.24) is 15.2 Å². The topological polar surface area (TPSA) is 79.4 Å². The van der Waals surface area contributed by atoms with Crippen LogP contribution < -0.4 is 5.32 Å². The van der Waals surface area contributed by atoms with E-state index in [-0.39, 0.29) is 53.3 Å². The summed E-state index contributed by atoms with van der Waals surface area (Å²) in [4.78, 5) is 20.2. The predicted octanol–water partition coefficient (Wildman–Crippen LogP) is 6.08. The number of nitrogens with zero attached hydrogens (tertiary/aromatic N) is 2. The molecule has 0 saturated heterocycles. The van der Waals surface area contributed by atoms with Crippen LogP contribution in [0.2, 0.25) is 0 Å². The molecule has 2 heterocycles. The van der Waals surface area contributed by atoms with E-state index in [0.717, 1.165) is 16.8 Å². The SMILES string of the molecule is CCS(=O)(=O)c1ccc(CNC(=O)c2cnc3c(c2)CN(CC2CCC(C(F)(F)F)CC2)C3C(C)(C)C)cc1. The number of aromatic nitrogens is 1. The lowest BCUT2D eigenvalue weighted by atomic mass is 9.80. The molecule has 1 fully saturated rings. The van der Waals surface area contributed by atoms with Gasteiger partial charge in [-0.15, -0.1) is 0 Å². The van der Waals surface area contributed by atoms with Crippen molar-refractivity contribution in [2.75, 3.05) is 12.3 Å². The van der Waals surface area contributed by atoms with Crippen LogP contribution in [0.25, 0.3) is 0 Å². The molecule has 10 heteroatoms. The van der Waals surface area contributed by atoms with Gasteiger partial charge in [0.15, 0.2) is 9.84 Å². The first-order valence-corrected chi connectivity index (χ1v) is 15.2. The number of hydrogen-bond donors (Lipinski definition) is 1. The molecule has 0 radical (unpaired) electrons. The van der Waals surface area contributed by atoms with Crippen LogP contribution in [0.4, 0.5) is 13.2 Å². The molecule has 2 aromatic rings. The van der Waals surface area contributed by atoms with E-state index in [2.05, 4.69) is 31.0 Å². The molecule has 1 atom stereocenters. The van der Waals surface area contributed by atoms with E-state index in [1.807, 2.05) is 6.07 Å². The Morgan fingerprint density at radius 1 is 1.08 bits per heavy atom. The number of sulfone groups is 1. The van der Waals surface area contributed by atoms with Crippen LogP contribution in [0, 0.1) is 17.3 Å². The van der Waals surface area contributed by atoms with E-state index in [9.17, 15) is 26.4 Å². The summed E-state index contributed by atoms with van der Waals surface area (Å²) >= 11 is 0. The van der Waals surface area contributed by atoms with E-state index in [0.29, 0.717) is 31.5 Å². The lowest BCUT2D eigenvalue weighted by Crippen LogP contribution is -2.37. The number of fused-ring (bicyclic) bond motifs is 1. The smallest absolute Gasteiger partial charge is 0.348 e. The highest BCUT2D eigenvalue weighted by Crippen LogP contribution is 2.46. The molecule has 39 heavy (non-hydrogen) atoms. The number of halogens is 3. The minimum Gasteiger partial charge on any atom is -0.348 e. The summed E-state index contributed by atoms with van der Waals surface area (Å²) in [7, 11) is -3.28. The average molecular weight is 566 g/mol. The van der Waals surface area contributed by atoms with Crippen molar-refractivity contribution in [2.24, 2.45) is 17.3 Å². The zero-order valence-corrected chi connectivity index (χ0v) is 23.8. The van der Waals surface area contributed by atoms with Crippen molar-refractivity contribution >= 4 is 15.7 Å². The molecule has 1 N–H and O–H groups in total. The third kappa shape index (κ3) is 6.82. The molecule has 4 rings (SSSR count). The maximum Gasteiger partial charge on any atom is 0.391 e. The number of benzene rings is 1. The van der Waals surface area contributed by atoms with Crippen LogP contribution in [-0.2, 0) is 22.9 Å². The first kappa shape index (κ1) is 29.5. The minimum absolute atomic E-state index is 0.0165. The molecule has 6 nitrogen and oxygen atoms in total. The Morgan fingerprint density at radius 2 is 1.72 bits per heavy atom. The van der Waals surface area contributed by atoms with Gasteiger partial charge >= 0.3 is 6.18 Å². The third-order valence-electron chi connectivity index (χ3n) is 8.00. The number of nitrogens with one attached hydrogen (secondary N) is 1. The standard InChI is InChI=1S/C29H38F3N3O3S/c1-5-39(37,38)24-12-8-19(9-13-24)15-34-27(36)21-14-22-18-35(26(28(2,3)4)25(22)33-16-21)17-20-6-10-23(11-7-20)29(30,31)32/h8-9,12-14,16,20,23,26H,5-7,10-11,15,17-18H2,1-4H3,(H,34,36). The van der Waals surface area contributed by atoms with Crippen LogP contribution in [-0.4, -0.2) is 42.7 Å². The van der Waals surface area contributed by atoms with Gasteiger partial charge in [-0.1, -0.05) is 39.8 Å². The molecule has 214 valence electrons. The predicted molar refractivity (Wildman–Crippen MR) is 144 cm³/mol. The summed E-state index contributed by atoms with van der Waals surface area (Å²) in [6.07, 6.45) is -1.00. The Morgan fingerprint density at radius 3 is 2.28 bits per heavy atom. The van der Waals surface area contributed by atoms with E-state index in [1.165, 1.54) is 0 Å². The Kier molecular flexibility index (Phi) is 8.47. The largest absolute Gasteiger partial charge is 0.391 e. The highest BCUT2D eigenvalue weighted by atomic mass is 32.2. The first-order valence-electron chi connectivity index (χ1n) is 13.6. The van der Waals surface area contributed by atoms with Crippen molar-refractivity contribution in [1.29, 1.82) is 0 Å². The van der Waals surface area contributed by atoms with Gasteiger partial charge in [0, 0.05) is 25.8 Å². The van der Waals surface area contributed by atoms with Crippen molar-refractivity contribution in [2.45, 2.75) is 83.6 Å². The van der Waals surface area contributed by atoms with Crippen LogP contribution in [0.1, 0.15) is 86.6 Å². The summed E-state index contributed by atoms with van der Waals surface area (Å²) < 4.78 is 63.4. The second-order valence-electron chi connectivity index (χ2n) is 12.0. The van der Waals surface area contributed by atoms with Gasteiger partial charge < -0.3 is 5.32 Å². The van der Waals surface area contributed by atoms with Crippen molar-refractivity contribution in [3.8, 4) is 0 Å². The van der Waals surface area contributed by atoms with Gasteiger partial charge in [0.2, 0.25) is 0 Å². The fraction of sp³-hybridized carbons (Fsp3) is 0.586. The van der Waals surface area contributed by atoms with Crippen molar-refractivity contribution in [3.63, 3.8) is 0 Å². The molecule has 1 saturated carbocycles. The maximum atomic E-state index is 13.1. The molecular formula is C29H38F3N3O3S. The van der Waals surface area contributed by atoms with Crippen molar-refractivity contribution in [3.05, 3.63) is 58.9 Å². The molecule has 1 aromatic heterocycles. The quantitative estimate of drug-likeness (QED) is 0.441. The van der Waals surface area contributed by atoms with Crippen LogP contribution >= 0.6 is 0 Å². The number of rotatable bonds is 7. The molecule has 2 aliphatic rings. The molecular weight excluding hydrogens is 527 g/mol. The van der Waals surface area contributed by atoms with Gasteiger partial charge in [0.05, 0.1) is 33.9 Å². The van der Waals surface area contributed by atoms with Crippen LogP contribution in [0.15, 0.2) is 41.4 Å². The Labute approximate surface area is 229 Å².